The lowest BCUT2D eigenvalue weighted by Crippen LogP contribution is -2.42. The van der Waals surface area contributed by atoms with Crippen LogP contribution in [0.5, 0.6) is 11.5 Å². The van der Waals surface area contributed by atoms with Gasteiger partial charge in [0, 0.05) is 28.2 Å². The predicted molar refractivity (Wildman–Crippen MR) is 183 cm³/mol. The van der Waals surface area contributed by atoms with Crippen LogP contribution in [-0.2, 0) is 20.6 Å². The van der Waals surface area contributed by atoms with Crippen molar-refractivity contribution in [2.24, 2.45) is 29.6 Å². The minimum Gasteiger partial charge on any atom is -0.493 e. The monoisotopic (exact) mass is 752 g/mol. The fourth-order valence-electron chi connectivity index (χ4n) is 8.53. The van der Waals surface area contributed by atoms with Gasteiger partial charge in [-0.2, -0.15) is 13.2 Å². The molecule has 3 amide bonds. The lowest BCUT2D eigenvalue weighted by molar-refractivity contribution is -0.384. The molecule has 4 aliphatic rings. The molecule has 17 heteroatoms. The van der Waals surface area contributed by atoms with E-state index in [9.17, 15) is 42.5 Å². The van der Waals surface area contributed by atoms with E-state index in [0.717, 1.165) is 38.8 Å². The highest BCUT2D eigenvalue weighted by Gasteiger charge is 2.69. The number of nitro benzene ring substituents is 1. The lowest BCUT2D eigenvalue weighted by Gasteiger charge is -2.43. The molecule has 4 aromatic rings. The molecular weight excluding hydrogens is 726 g/mol. The van der Waals surface area contributed by atoms with Gasteiger partial charge in [-0.1, -0.05) is 29.5 Å². The number of para-hydroxylation sites is 1. The molecule has 0 spiro atoms. The van der Waals surface area contributed by atoms with Crippen LogP contribution in [0.2, 0.25) is 0 Å². The highest BCUT2D eigenvalue weighted by Crippen LogP contribution is 2.69. The van der Waals surface area contributed by atoms with Gasteiger partial charge >= 0.3 is 11.0 Å². The van der Waals surface area contributed by atoms with Crippen LogP contribution in [0.25, 0.3) is 0 Å². The summed E-state index contributed by atoms with van der Waals surface area (Å²) in [4.78, 5) is 68.5. The number of rotatable bonds is 8. The largest absolute Gasteiger partial charge is 0.493 e. The summed E-state index contributed by atoms with van der Waals surface area (Å²) in [6.45, 7) is -0.607. The SMILES string of the molecule is COc1cc([C@H]2c3sc(=O)[nH]c3SC3C2[C@H]2C[C@@H]3C3C(=O)N(c4ccc([N+](=O)[O-])cc4)C(=O)C32)ccc1OCC(=O)Nc1ccccc1C(F)(F)F. The number of halogens is 3. The minimum atomic E-state index is -4.67. The molecule has 4 unspecified atom stereocenters. The number of non-ortho nitro benzene ring substituents is 1. The number of H-pyrrole nitrogens is 1. The smallest absolute Gasteiger partial charge is 0.418 e. The number of benzene rings is 3. The Morgan fingerprint density at radius 3 is 2.42 bits per heavy atom. The van der Waals surface area contributed by atoms with Gasteiger partial charge in [-0.05, 0) is 66.1 Å². The first-order valence-corrected chi connectivity index (χ1v) is 17.8. The number of aromatic nitrogens is 1. The Kier molecular flexibility index (Phi) is 8.17. The first-order chi connectivity index (χ1) is 24.8. The number of amides is 3. The standard InChI is InChI=1S/C35H27F3N4O8S2/c1-49-23-12-15(6-11-22(23)50-14-24(43)39-21-5-3-2-4-20(21)35(36,37)38)25-26-18-13-19(29(26)51-31-30(25)52-34(46)40-31)28-27(18)32(44)41(33(28)45)16-7-9-17(10-8-16)42(47)48/h2-12,18-19,25-29H,13-14H2,1H3,(H,39,43)(H,40,46)/t18-,19-,25-,26?,27?,28?,29?/m1/s1. The molecule has 2 saturated carbocycles. The molecule has 2 bridgehead atoms. The normalized spacial score (nSPS) is 25.8. The maximum Gasteiger partial charge on any atom is 0.418 e. The second-order valence-electron chi connectivity index (χ2n) is 13.0. The van der Waals surface area contributed by atoms with Crippen LogP contribution >= 0.6 is 23.1 Å². The third-order valence-electron chi connectivity index (χ3n) is 10.5. The van der Waals surface area contributed by atoms with E-state index in [2.05, 4.69) is 10.3 Å². The molecule has 3 fully saturated rings. The van der Waals surface area contributed by atoms with Gasteiger partial charge in [0.25, 0.3) is 11.6 Å². The maximum atomic E-state index is 14.0. The fraction of sp³-hybridized carbons (Fsp3) is 0.314. The van der Waals surface area contributed by atoms with Crippen LogP contribution in [0.1, 0.15) is 28.3 Å². The number of methoxy groups -OCH3 is 1. The van der Waals surface area contributed by atoms with E-state index in [1.54, 1.807) is 18.2 Å². The number of aromatic amines is 1. The number of nitrogens with zero attached hydrogens (tertiary/aromatic N) is 2. The van der Waals surface area contributed by atoms with E-state index in [4.69, 9.17) is 9.47 Å². The van der Waals surface area contributed by atoms with Crippen LogP contribution < -0.4 is 24.6 Å². The number of nitro groups is 1. The van der Waals surface area contributed by atoms with Crippen molar-refractivity contribution in [2.75, 3.05) is 23.9 Å². The van der Waals surface area contributed by atoms with Gasteiger partial charge in [0.1, 0.15) is 0 Å². The van der Waals surface area contributed by atoms with Crippen molar-refractivity contribution >= 4 is 57.9 Å². The van der Waals surface area contributed by atoms with Gasteiger partial charge in [-0.25, -0.2) is 0 Å². The first-order valence-electron chi connectivity index (χ1n) is 16.1. The molecule has 1 saturated heterocycles. The molecule has 2 aliphatic carbocycles. The summed E-state index contributed by atoms with van der Waals surface area (Å²) in [6, 6.07) is 15.0. The Bertz CT molecular complexity index is 2210. The molecule has 3 aromatic carbocycles. The predicted octanol–water partition coefficient (Wildman–Crippen LogP) is 6.07. The number of imide groups is 1. The van der Waals surface area contributed by atoms with Crippen molar-refractivity contribution in [3.8, 4) is 11.5 Å². The van der Waals surface area contributed by atoms with Gasteiger partial charge in [0.15, 0.2) is 18.1 Å². The van der Waals surface area contributed by atoms with Gasteiger partial charge in [-0.15, -0.1) is 11.8 Å². The fourth-order valence-corrected chi connectivity index (χ4v) is 11.4. The van der Waals surface area contributed by atoms with Crippen molar-refractivity contribution in [1.29, 1.82) is 0 Å². The molecule has 268 valence electrons. The molecule has 3 heterocycles. The number of alkyl halides is 3. The molecule has 12 nitrogen and oxygen atoms in total. The van der Waals surface area contributed by atoms with Gasteiger partial charge in [0.05, 0.1) is 45.8 Å². The second-order valence-corrected chi connectivity index (χ2v) is 15.2. The van der Waals surface area contributed by atoms with Crippen LogP contribution in [0, 0.1) is 39.7 Å². The third-order valence-corrected chi connectivity index (χ3v) is 13.0. The topological polar surface area (TPSA) is 161 Å². The number of ether oxygens (including phenoxy) is 2. The summed E-state index contributed by atoms with van der Waals surface area (Å²) >= 11 is 2.60. The van der Waals surface area contributed by atoms with Crippen molar-refractivity contribution in [2.45, 2.75) is 28.8 Å². The number of fused-ring (bicyclic) bond motifs is 9. The number of thioether (sulfide) groups is 1. The van der Waals surface area contributed by atoms with Crippen molar-refractivity contribution in [1.82, 2.24) is 4.98 Å². The number of hydrogen-bond donors (Lipinski definition) is 2. The first kappa shape index (κ1) is 34.0. The van der Waals surface area contributed by atoms with E-state index >= 15 is 0 Å². The van der Waals surface area contributed by atoms with E-state index in [-0.39, 0.29) is 68.5 Å². The summed E-state index contributed by atoms with van der Waals surface area (Å²) in [5, 5.41) is 14.0. The number of anilines is 2. The summed E-state index contributed by atoms with van der Waals surface area (Å²) in [5.41, 5.74) is -0.509. The van der Waals surface area contributed by atoms with Crippen LogP contribution in [0.3, 0.4) is 0 Å². The molecule has 7 atom stereocenters. The zero-order valence-electron chi connectivity index (χ0n) is 26.9. The zero-order valence-corrected chi connectivity index (χ0v) is 28.6. The third kappa shape index (κ3) is 5.44. The molecule has 2 aliphatic heterocycles. The minimum absolute atomic E-state index is 0.104. The number of nitrogens with one attached hydrogen (secondary N) is 2. The van der Waals surface area contributed by atoms with Gasteiger partial charge in [-0.3, -0.25) is 34.2 Å². The summed E-state index contributed by atoms with van der Waals surface area (Å²) in [5.74, 6) is -3.09. The molecule has 1 aromatic heterocycles. The van der Waals surface area contributed by atoms with E-state index in [0.29, 0.717) is 11.4 Å². The Labute approximate surface area is 300 Å². The number of carbonyl (C=O) groups is 3. The van der Waals surface area contributed by atoms with Gasteiger partial charge in [0.2, 0.25) is 11.8 Å². The Morgan fingerprint density at radius 1 is 1.02 bits per heavy atom. The average Bonchev–Trinajstić information content (AvgIpc) is 3.85. The Balaban J connectivity index is 1.07. The zero-order chi connectivity index (χ0) is 36.6. The van der Waals surface area contributed by atoms with Crippen molar-refractivity contribution in [3.05, 3.63) is 103 Å². The molecule has 0 radical (unpaired) electrons. The lowest BCUT2D eigenvalue weighted by atomic mass is 9.68. The number of carbonyl (C=O) groups excluding carboxylic acids is 3. The Morgan fingerprint density at radius 2 is 1.73 bits per heavy atom. The van der Waals surface area contributed by atoms with E-state index < -0.39 is 46.7 Å². The highest BCUT2D eigenvalue weighted by molar-refractivity contribution is 8.00. The second kappa shape index (κ2) is 12.5. The molecular formula is C35H27F3N4O8S2. The summed E-state index contributed by atoms with van der Waals surface area (Å²) < 4.78 is 51.6. The van der Waals surface area contributed by atoms with Gasteiger partial charge < -0.3 is 19.8 Å². The highest BCUT2D eigenvalue weighted by atomic mass is 32.2. The number of hydrogen-bond acceptors (Lipinski definition) is 10. The maximum absolute atomic E-state index is 14.0. The molecule has 2 N–H and O–H groups in total. The summed E-state index contributed by atoms with van der Waals surface area (Å²) in [7, 11) is 1.41. The van der Waals surface area contributed by atoms with Crippen LogP contribution in [0.4, 0.5) is 30.2 Å². The quantitative estimate of drug-likeness (QED) is 0.124. The van der Waals surface area contributed by atoms with Crippen molar-refractivity contribution < 1.29 is 42.0 Å². The van der Waals surface area contributed by atoms with E-state index in [1.165, 1.54) is 55.3 Å². The van der Waals surface area contributed by atoms with E-state index in [1.807, 2.05) is 0 Å². The number of thiazole rings is 1. The molecule has 52 heavy (non-hydrogen) atoms. The van der Waals surface area contributed by atoms with Crippen LogP contribution in [0.15, 0.2) is 76.6 Å². The Hall–Kier alpha value is -5.16. The van der Waals surface area contributed by atoms with Crippen LogP contribution in [-0.4, -0.2) is 46.6 Å². The average molecular weight is 753 g/mol. The van der Waals surface area contributed by atoms with Crippen molar-refractivity contribution in [3.63, 3.8) is 0 Å². The summed E-state index contributed by atoms with van der Waals surface area (Å²) in [6.07, 6.45) is -4.02. The molecule has 8 rings (SSSR count).